The van der Waals surface area contributed by atoms with Crippen molar-refractivity contribution in [1.82, 2.24) is 10.2 Å². The molecule has 2 aliphatic rings. The van der Waals surface area contributed by atoms with Gasteiger partial charge in [-0.15, -0.1) is 0 Å². The molecular formula is C23H24N2O4. The van der Waals surface area contributed by atoms with Crippen molar-refractivity contribution in [3.05, 3.63) is 64.2 Å². The Balaban J connectivity index is 1.65. The standard InChI is InChI=1S/C23H24N2O4/c1-14(26)16-8-10-20(29-3)18(11-16)13-25-21(27)23(2,24-22(25)28)19-9-7-15-5-4-6-17(15)12-19/h7-12H,4-6,13H2,1-3H3,(H,24,28)/t23-/m0/s1. The molecule has 1 fully saturated rings. The van der Waals surface area contributed by atoms with Crippen molar-refractivity contribution in [2.75, 3.05) is 7.11 Å². The third-order valence-corrected chi connectivity index (χ3v) is 5.97. The van der Waals surface area contributed by atoms with Crippen LogP contribution in [-0.2, 0) is 29.7 Å². The fourth-order valence-corrected chi connectivity index (χ4v) is 4.21. The quantitative estimate of drug-likeness (QED) is 0.625. The molecule has 1 heterocycles. The lowest BCUT2D eigenvalue weighted by Crippen LogP contribution is -2.41. The van der Waals surface area contributed by atoms with Gasteiger partial charge in [0, 0.05) is 11.1 Å². The number of rotatable bonds is 5. The monoisotopic (exact) mass is 392 g/mol. The van der Waals surface area contributed by atoms with Crippen LogP contribution in [0.2, 0.25) is 0 Å². The molecular weight excluding hydrogens is 368 g/mol. The molecule has 29 heavy (non-hydrogen) atoms. The van der Waals surface area contributed by atoms with Crippen LogP contribution in [0.4, 0.5) is 4.79 Å². The van der Waals surface area contributed by atoms with E-state index in [0.29, 0.717) is 16.9 Å². The van der Waals surface area contributed by atoms with Crippen molar-refractivity contribution in [1.29, 1.82) is 0 Å². The van der Waals surface area contributed by atoms with Gasteiger partial charge >= 0.3 is 6.03 Å². The zero-order chi connectivity index (χ0) is 20.8. The molecule has 1 atom stereocenters. The zero-order valence-corrected chi connectivity index (χ0v) is 16.9. The number of carbonyl (C=O) groups is 3. The third-order valence-electron chi connectivity index (χ3n) is 5.97. The minimum Gasteiger partial charge on any atom is -0.496 e. The van der Waals surface area contributed by atoms with Crippen LogP contribution >= 0.6 is 0 Å². The third kappa shape index (κ3) is 3.18. The second-order valence-electron chi connectivity index (χ2n) is 7.87. The number of benzene rings is 2. The number of nitrogens with zero attached hydrogens (tertiary/aromatic N) is 1. The minimum atomic E-state index is -1.11. The molecule has 1 aliphatic heterocycles. The van der Waals surface area contributed by atoms with E-state index in [9.17, 15) is 14.4 Å². The fraction of sp³-hybridized carbons (Fsp3) is 0.348. The van der Waals surface area contributed by atoms with Crippen LogP contribution in [0.25, 0.3) is 0 Å². The van der Waals surface area contributed by atoms with Gasteiger partial charge in [0.05, 0.1) is 13.7 Å². The van der Waals surface area contributed by atoms with Crippen molar-refractivity contribution in [2.24, 2.45) is 0 Å². The SMILES string of the molecule is COc1ccc(C(C)=O)cc1CN1C(=O)N[C@@](C)(c2ccc3c(c2)CCC3)C1=O. The summed E-state index contributed by atoms with van der Waals surface area (Å²) in [6.07, 6.45) is 3.18. The van der Waals surface area contributed by atoms with Crippen LogP contribution in [0.1, 0.15) is 52.9 Å². The zero-order valence-electron chi connectivity index (χ0n) is 16.9. The summed E-state index contributed by atoms with van der Waals surface area (Å²) in [7, 11) is 1.52. The number of imide groups is 1. The van der Waals surface area contributed by atoms with Crippen LogP contribution in [0.5, 0.6) is 5.75 Å². The van der Waals surface area contributed by atoms with E-state index in [1.807, 2.05) is 12.1 Å². The van der Waals surface area contributed by atoms with Gasteiger partial charge < -0.3 is 10.1 Å². The molecule has 6 nitrogen and oxygen atoms in total. The molecule has 2 aromatic carbocycles. The Hall–Kier alpha value is -3.15. The number of aryl methyl sites for hydroxylation is 2. The summed E-state index contributed by atoms with van der Waals surface area (Å²) < 4.78 is 5.37. The maximum Gasteiger partial charge on any atom is 0.325 e. The average molecular weight is 392 g/mol. The van der Waals surface area contributed by atoms with E-state index in [-0.39, 0.29) is 18.2 Å². The largest absolute Gasteiger partial charge is 0.496 e. The normalized spacial score (nSPS) is 20.6. The van der Waals surface area contributed by atoms with Gasteiger partial charge in [0.25, 0.3) is 5.91 Å². The number of hydrogen-bond acceptors (Lipinski definition) is 4. The first-order valence-electron chi connectivity index (χ1n) is 9.77. The summed E-state index contributed by atoms with van der Waals surface area (Å²) in [5, 5.41) is 2.86. The summed E-state index contributed by atoms with van der Waals surface area (Å²) in [5.74, 6) is 0.131. The second kappa shape index (κ2) is 7.03. The van der Waals surface area contributed by atoms with Crippen molar-refractivity contribution in [2.45, 2.75) is 45.2 Å². The van der Waals surface area contributed by atoms with Gasteiger partial charge in [-0.05, 0) is 68.0 Å². The van der Waals surface area contributed by atoms with Gasteiger partial charge in [-0.3, -0.25) is 14.5 Å². The molecule has 1 N–H and O–H groups in total. The summed E-state index contributed by atoms with van der Waals surface area (Å²) in [4.78, 5) is 38.9. The number of urea groups is 1. The Kier molecular flexibility index (Phi) is 4.65. The lowest BCUT2D eigenvalue weighted by atomic mass is 9.89. The number of Topliss-reactive ketones (excluding diaryl/α,β-unsaturated/α-hetero) is 1. The van der Waals surface area contributed by atoms with E-state index in [1.54, 1.807) is 25.1 Å². The molecule has 150 valence electrons. The van der Waals surface area contributed by atoms with Crippen molar-refractivity contribution < 1.29 is 19.1 Å². The number of fused-ring (bicyclic) bond motifs is 1. The van der Waals surface area contributed by atoms with Crippen molar-refractivity contribution >= 4 is 17.7 Å². The Labute approximate surface area is 169 Å². The Morgan fingerprint density at radius 3 is 2.62 bits per heavy atom. The molecule has 1 saturated heterocycles. The molecule has 2 aromatic rings. The smallest absolute Gasteiger partial charge is 0.325 e. The maximum atomic E-state index is 13.3. The predicted molar refractivity (Wildman–Crippen MR) is 108 cm³/mol. The van der Waals surface area contributed by atoms with Crippen LogP contribution in [0.3, 0.4) is 0 Å². The minimum absolute atomic E-state index is 0.0372. The number of amides is 3. The highest BCUT2D eigenvalue weighted by atomic mass is 16.5. The van der Waals surface area contributed by atoms with Crippen LogP contribution < -0.4 is 10.1 Å². The number of ether oxygens (including phenoxy) is 1. The molecule has 0 spiro atoms. The topological polar surface area (TPSA) is 75.7 Å². The predicted octanol–water partition coefficient (Wildman–Crippen LogP) is 3.35. The number of ketones is 1. The molecule has 3 amide bonds. The molecule has 0 unspecified atom stereocenters. The first-order chi connectivity index (χ1) is 13.8. The van der Waals surface area contributed by atoms with Gasteiger partial charge in [-0.2, -0.15) is 0 Å². The number of hydrogen-bond donors (Lipinski definition) is 1. The Bertz CT molecular complexity index is 1030. The highest BCUT2D eigenvalue weighted by Gasteiger charge is 2.49. The highest BCUT2D eigenvalue weighted by molar-refractivity contribution is 6.07. The van der Waals surface area contributed by atoms with Crippen molar-refractivity contribution in [3.63, 3.8) is 0 Å². The Morgan fingerprint density at radius 2 is 1.90 bits per heavy atom. The molecule has 0 bridgehead atoms. The van der Waals surface area contributed by atoms with E-state index < -0.39 is 11.6 Å². The van der Waals surface area contributed by atoms with Gasteiger partial charge in [-0.1, -0.05) is 18.2 Å². The first kappa shape index (κ1) is 19.2. The van der Waals surface area contributed by atoms with E-state index >= 15 is 0 Å². The Morgan fingerprint density at radius 1 is 1.14 bits per heavy atom. The van der Waals surface area contributed by atoms with Crippen molar-refractivity contribution in [3.8, 4) is 5.75 Å². The first-order valence-corrected chi connectivity index (χ1v) is 9.77. The lowest BCUT2D eigenvalue weighted by molar-refractivity contribution is -0.131. The van der Waals surface area contributed by atoms with E-state index in [0.717, 1.165) is 24.8 Å². The van der Waals surface area contributed by atoms with Gasteiger partial charge in [0.15, 0.2) is 5.78 Å². The molecule has 1 aliphatic carbocycles. The number of nitrogens with one attached hydrogen (secondary N) is 1. The molecule has 6 heteroatoms. The van der Waals surface area contributed by atoms with E-state index in [1.165, 1.54) is 30.1 Å². The second-order valence-corrected chi connectivity index (χ2v) is 7.87. The average Bonchev–Trinajstić information content (AvgIpc) is 3.26. The van der Waals surface area contributed by atoms with E-state index in [4.69, 9.17) is 4.74 Å². The van der Waals surface area contributed by atoms with Crippen LogP contribution in [0, 0.1) is 0 Å². The summed E-state index contributed by atoms with van der Waals surface area (Å²) >= 11 is 0. The fourth-order valence-electron chi connectivity index (χ4n) is 4.21. The van der Waals surface area contributed by atoms with Gasteiger partial charge in [0.2, 0.25) is 0 Å². The number of methoxy groups -OCH3 is 1. The van der Waals surface area contributed by atoms with Gasteiger partial charge in [0.1, 0.15) is 11.3 Å². The maximum absolute atomic E-state index is 13.3. The lowest BCUT2D eigenvalue weighted by Gasteiger charge is -2.23. The highest BCUT2D eigenvalue weighted by Crippen LogP contribution is 2.34. The molecule has 4 rings (SSSR count). The van der Waals surface area contributed by atoms with Gasteiger partial charge in [-0.25, -0.2) is 4.79 Å². The summed E-state index contributed by atoms with van der Waals surface area (Å²) in [5.41, 5.74) is 3.37. The number of carbonyl (C=O) groups excluding carboxylic acids is 3. The molecule has 0 radical (unpaired) electrons. The summed E-state index contributed by atoms with van der Waals surface area (Å²) in [6, 6.07) is 10.6. The molecule has 0 aromatic heterocycles. The van der Waals surface area contributed by atoms with E-state index in [2.05, 4.69) is 11.4 Å². The molecule has 0 saturated carbocycles. The van der Waals surface area contributed by atoms with Crippen LogP contribution in [0.15, 0.2) is 36.4 Å². The summed E-state index contributed by atoms with van der Waals surface area (Å²) in [6.45, 7) is 3.26. The van der Waals surface area contributed by atoms with Crippen LogP contribution in [-0.4, -0.2) is 29.7 Å².